The highest BCUT2D eigenvalue weighted by Crippen LogP contribution is 2.31. The summed E-state index contributed by atoms with van der Waals surface area (Å²) in [5.41, 5.74) is 0.816. The Morgan fingerprint density at radius 2 is 2.33 bits per heavy atom. The number of likely N-dealkylation sites (N-methyl/N-ethyl adjacent to an activating group) is 1. The van der Waals surface area contributed by atoms with Gasteiger partial charge in [0.05, 0.1) is 10.6 Å². The van der Waals surface area contributed by atoms with Gasteiger partial charge in [0.1, 0.15) is 9.88 Å². The van der Waals surface area contributed by atoms with Gasteiger partial charge in [-0.05, 0) is 38.3 Å². The van der Waals surface area contributed by atoms with Gasteiger partial charge < -0.3 is 10.2 Å². The molecular weight excluding hydrogens is 302 g/mol. The largest absolute Gasteiger partial charge is 0.350 e. The molecule has 4 nitrogen and oxygen atoms in total. The maximum Gasteiger partial charge on any atom is 0.263 e. The van der Waals surface area contributed by atoms with Crippen molar-refractivity contribution in [1.82, 2.24) is 15.2 Å². The van der Waals surface area contributed by atoms with Crippen LogP contribution in [0.4, 0.5) is 0 Å². The number of nitrogens with one attached hydrogen (secondary N) is 1. The molecule has 1 N–H and O–H groups in total. The lowest BCUT2D eigenvalue weighted by Gasteiger charge is -2.15. The first-order chi connectivity index (χ1) is 10.1. The van der Waals surface area contributed by atoms with Gasteiger partial charge in [-0.15, -0.1) is 22.7 Å². The van der Waals surface area contributed by atoms with Gasteiger partial charge in [-0.25, -0.2) is 4.98 Å². The van der Waals surface area contributed by atoms with Crippen LogP contribution in [0, 0.1) is 6.92 Å². The number of thiazole rings is 1. The summed E-state index contributed by atoms with van der Waals surface area (Å²) in [4.78, 5) is 20.9. The Hall–Kier alpha value is -1.24. The van der Waals surface area contributed by atoms with Gasteiger partial charge in [-0.3, -0.25) is 4.79 Å². The molecule has 0 unspecified atom stereocenters. The summed E-state index contributed by atoms with van der Waals surface area (Å²) >= 11 is 3.13. The number of aryl methyl sites for hydroxylation is 1. The summed E-state index contributed by atoms with van der Waals surface area (Å²) in [6.07, 6.45) is 2.59. The fourth-order valence-electron chi connectivity index (χ4n) is 2.24. The Kier molecular flexibility index (Phi) is 4.37. The van der Waals surface area contributed by atoms with Crippen LogP contribution in [0.25, 0.3) is 9.88 Å². The SMILES string of the molecule is Cc1nc(-c2cccs2)sc1C(=O)NCCN(C)C1CC1. The van der Waals surface area contributed by atoms with Crippen LogP contribution in [-0.4, -0.2) is 42.0 Å². The van der Waals surface area contributed by atoms with E-state index >= 15 is 0 Å². The van der Waals surface area contributed by atoms with Crippen LogP contribution in [0.3, 0.4) is 0 Å². The van der Waals surface area contributed by atoms with E-state index in [2.05, 4.69) is 22.2 Å². The maximum absolute atomic E-state index is 12.3. The fraction of sp³-hybridized carbons (Fsp3) is 0.467. The molecule has 1 fully saturated rings. The van der Waals surface area contributed by atoms with Crippen molar-refractivity contribution in [1.29, 1.82) is 0 Å². The van der Waals surface area contributed by atoms with Crippen LogP contribution in [0.5, 0.6) is 0 Å². The molecule has 1 aliphatic rings. The highest BCUT2D eigenvalue weighted by Gasteiger charge is 2.25. The first-order valence-electron chi connectivity index (χ1n) is 7.15. The Labute approximate surface area is 132 Å². The standard InChI is InChI=1S/C15H19N3OS2/c1-10-13(21-15(17-10)12-4-3-9-20-12)14(19)16-7-8-18(2)11-5-6-11/h3-4,9,11H,5-8H2,1-2H3,(H,16,19). The highest BCUT2D eigenvalue weighted by molar-refractivity contribution is 7.22. The maximum atomic E-state index is 12.3. The Morgan fingerprint density at radius 3 is 3.00 bits per heavy atom. The van der Waals surface area contributed by atoms with Gasteiger partial charge in [0.25, 0.3) is 5.91 Å². The molecule has 2 aromatic rings. The number of carbonyl (C=O) groups is 1. The molecule has 0 aromatic carbocycles. The summed E-state index contributed by atoms with van der Waals surface area (Å²) in [5, 5.41) is 5.97. The lowest BCUT2D eigenvalue weighted by atomic mass is 10.3. The zero-order valence-electron chi connectivity index (χ0n) is 12.3. The predicted molar refractivity (Wildman–Crippen MR) is 88.1 cm³/mol. The van der Waals surface area contributed by atoms with Crippen LogP contribution >= 0.6 is 22.7 Å². The molecule has 1 amide bonds. The van der Waals surface area contributed by atoms with Gasteiger partial charge in [0, 0.05) is 19.1 Å². The summed E-state index contributed by atoms with van der Waals surface area (Å²) in [7, 11) is 2.12. The molecule has 0 radical (unpaired) electrons. The minimum Gasteiger partial charge on any atom is -0.350 e. The van der Waals surface area contributed by atoms with Gasteiger partial charge in [0.2, 0.25) is 0 Å². The topological polar surface area (TPSA) is 45.2 Å². The molecule has 0 bridgehead atoms. The van der Waals surface area contributed by atoms with Gasteiger partial charge >= 0.3 is 0 Å². The lowest BCUT2D eigenvalue weighted by Crippen LogP contribution is -2.33. The van der Waals surface area contributed by atoms with Crippen LogP contribution in [0.1, 0.15) is 28.2 Å². The average Bonchev–Trinajstić information content (AvgIpc) is 3.03. The summed E-state index contributed by atoms with van der Waals surface area (Å²) in [5.74, 6) is -0.00277. The summed E-state index contributed by atoms with van der Waals surface area (Å²) < 4.78 is 0. The van der Waals surface area contributed by atoms with Crippen molar-refractivity contribution in [2.75, 3.05) is 20.1 Å². The summed E-state index contributed by atoms with van der Waals surface area (Å²) in [6.45, 7) is 3.50. The minimum absolute atomic E-state index is 0.00277. The first kappa shape index (κ1) is 14.7. The van der Waals surface area contributed by atoms with Crippen LogP contribution in [0.15, 0.2) is 17.5 Å². The average molecular weight is 321 g/mol. The van der Waals surface area contributed by atoms with Gasteiger partial charge in [0.15, 0.2) is 0 Å². The smallest absolute Gasteiger partial charge is 0.263 e. The Bertz CT molecular complexity index is 617. The van der Waals surface area contributed by atoms with E-state index in [4.69, 9.17) is 0 Å². The van der Waals surface area contributed by atoms with Crippen molar-refractivity contribution < 1.29 is 4.79 Å². The molecule has 2 heterocycles. The molecule has 21 heavy (non-hydrogen) atoms. The Balaban J connectivity index is 1.59. The van der Waals surface area contributed by atoms with E-state index < -0.39 is 0 Å². The van der Waals surface area contributed by atoms with Crippen molar-refractivity contribution in [2.45, 2.75) is 25.8 Å². The third-order valence-electron chi connectivity index (χ3n) is 3.66. The fourth-order valence-corrected chi connectivity index (χ4v) is 4.02. The van der Waals surface area contributed by atoms with Crippen LogP contribution in [0.2, 0.25) is 0 Å². The molecule has 1 aliphatic carbocycles. The molecular formula is C15H19N3OS2. The van der Waals surface area contributed by atoms with E-state index in [0.29, 0.717) is 6.54 Å². The minimum atomic E-state index is -0.00277. The number of thiophene rings is 1. The molecule has 6 heteroatoms. The second kappa shape index (κ2) is 6.25. The number of hydrogen-bond donors (Lipinski definition) is 1. The van der Waals surface area contributed by atoms with E-state index in [1.807, 2.05) is 24.4 Å². The second-order valence-electron chi connectivity index (χ2n) is 5.38. The van der Waals surface area contributed by atoms with Gasteiger partial charge in [-0.2, -0.15) is 0 Å². The monoisotopic (exact) mass is 321 g/mol. The van der Waals surface area contributed by atoms with Crippen molar-refractivity contribution >= 4 is 28.6 Å². The molecule has 1 saturated carbocycles. The normalized spacial score (nSPS) is 14.6. The molecule has 0 atom stereocenters. The van der Waals surface area contributed by atoms with Crippen LogP contribution < -0.4 is 5.32 Å². The van der Waals surface area contributed by atoms with Crippen molar-refractivity contribution in [3.63, 3.8) is 0 Å². The molecule has 0 spiro atoms. The molecule has 0 aliphatic heterocycles. The van der Waals surface area contributed by atoms with E-state index in [1.165, 1.54) is 24.2 Å². The van der Waals surface area contributed by atoms with Crippen molar-refractivity contribution in [3.8, 4) is 9.88 Å². The van der Waals surface area contributed by atoms with E-state index in [-0.39, 0.29) is 5.91 Å². The third-order valence-corrected chi connectivity index (χ3v) is 5.85. The van der Waals surface area contributed by atoms with E-state index in [0.717, 1.165) is 33.0 Å². The third kappa shape index (κ3) is 3.51. The Morgan fingerprint density at radius 1 is 1.52 bits per heavy atom. The number of hydrogen-bond acceptors (Lipinski definition) is 5. The highest BCUT2D eigenvalue weighted by atomic mass is 32.1. The first-order valence-corrected chi connectivity index (χ1v) is 8.84. The van der Waals surface area contributed by atoms with E-state index in [9.17, 15) is 4.79 Å². The quantitative estimate of drug-likeness (QED) is 0.889. The number of nitrogens with zero attached hydrogens (tertiary/aromatic N) is 2. The predicted octanol–water partition coefficient (Wildman–Crippen LogP) is 3.00. The van der Waals surface area contributed by atoms with Gasteiger partial charge in [-0.1, -0.05) is 6.07 Å². The molecule has 3 rings (SSSR count). The van der Waals surface area contributed by atoms with Crippen molar-refractivity contribution in [2.24, 2.45) is 0 Å². The molecule has 2 aromatic heterocycles. The number of amides is 1. The second-order valence-corrected chi connectivity index (χ2v) is 7.33. The van der Waals surface area contributed by atoms with Crippen molar-refractivity contribution in [3.05, 3.63) is 28.1 Å². The number of rotatable bonds is 6. The number of carbonyl (C=O) groups excluding carboxylic acids is 1. The lowest BCUT2D eigenvalue weighted by molar-refractivity contribution is 0.0952. The molecule has 0 saturated heterocycles. The zero-order valence-corrected chi connectivity index (χ0v) is 13.9. The summed E-state index contributed by atoms with van der Waals surface area (Å²) in [6, 6.07) is 4.77. The number of aromatic nitrogens is 1. The zero-order chi connectivity index (χ0) is 14.8. The van der Waals surface area contributed by atoms with Crippen LogP contribution in [-0.2, 0) is 0 Å². The van der Waals surface area contributed by atoms with E-state index in [1.54, 1.807) is 11.3 Å². The molecule has 112 valence electrons.